The van der Waals surface area contributed by atoms with Gasteiger partial charge >= 0.3 is 0 Å². The molecular weight excluding hydrogens is 136 g/mol. The van der Waals surface area contributed by atoms with Crippen LogP contribution in [0.15, 0.2) is 24.3 Å². The number of allylic oxidation sites excluding steroid dienone is 2. The molecule has 0 amide bonds. The predicted octanol–water partition coefficient (Wildman–Crippen LogP) is 2.30. The van der Waals surface area contributed by atoms with Gasteiger partial charge < -0.3 is 4.74 Å². The van der Waals surface area contributed by atoms with E-state index in [2.05, 4.69) is 32.6 Å². The highest BCUT2D eigenvalue weighted by Crippen LogP contribution is 2.46. The molecule has 0 aromatic carbocycles. The molecule has 1 saturated heterocycles. The topological polar surface area (TPSA) is 12.5 Å². The lowest BCUT2D eigenvalue weighted by Gasteiger charge is -2.15. The summed E-state index contributed by atoms with van der Waals surface area (Å²) in [5.74, 6) is 0.551. The number of hydrogen-bond donors (Lipinski definition) is 0. The second-order valence-corrected chi connectivity index (χ2v) is 3.84. The maximum absolute atomic E-state index is 5.52. The highest BCUT2D eigenvalue weighted by molar-refractivity contribution is 5.24. The van der Waals surface area contributed by atoms with Crippen molar-refractivity contribution in [1.29, 1.82) is 0 Å². The Balaban J connectivity index is 2.12. The van der Waals surface area contributed by atoms with Crippen molar-refractivity contribution in [3.63, 3.8) is 0 Å². The summed E-state index contributed by atoms with van der Waals surface area (Å²) in [5, 5.41) is 0. The van der Waals surface area contributed by atoms with E-state index in [1.807, 2.05) is 0 Å². The van der Waals surface area contributed by atoms with Crippen LogP contribution in [0.3, 0.4) is 0 Å². The van der Waals surface area contributed by atoms with Gasteiger partial charge in [-0.25, -0.2) is 0 Å². The monoisotopic (exact) mass is 150 g/mol. The van der Waals surface area contributed by atoms with Crippen LogP contribution >= 0.6 is 0 Å². The maximum atomic E-state index is 5.52. The number of ether oxygens (including phenoxy) is 1. The summed E-state index contributed by atoms with van der Waals surface area (Å²) < 4.78 is 5.52. The molecule has 1 aliphatic heterocycles. The van der Waals surface area contributed by atoms with E-state index in [9.17, 15) is 0 Å². The van der Waals surface area contributed by atoms with E-state index in [-0.39, 0.29) is 5.60 Å². The van der Waals surface area contributed by atoms with Crippen molar-refractivity contribution < 1.29 is 4.74 Å². The van der Waals surface area contributed by atoms with Gasteiger partial charge in [-0.3, -0.25) is 0 Å². The molecule has 1 heterocycles. The molecule has 0 spiro atoms. The fourth-order valence-electron chi connectivity index (χ4n) is 1.68. The minimum absolute atomic E-state index is 0.0892. The molecule has 2 aliphatic rings. The quantitative estimate of drug-likeness (QED) is 0.412. The Hall–Kier alpha value is -0.560. The highest BCUT2D eigenvalue weighted by Gasteiger charge is 2.52. The Kier molecular flexibility index (Phi) is 1.28. The molecule has 0 saturated carbocycles. The first-order valence-corrected chi connectivity index (χ1v) is 4.14. The summed E-state index contributed by atoms with van der Waals surface area (Å²) in [5.41, 5.74) is 1.34. The molecule has 60 valence electrons. The summed E-state index contributed by atoms with van der Waals surface area (Å²) in [6.45, 7) is 8.17. The molecule has 0 aromatic heterocycles. The van der Waals surface area contributed by atoms with Crippen molar-refractivity contribution in [2.75, 3.05) is 0 Å². The number of fused-ring (bicyclic) bond motifs is 1. The van der Waals surface area contributed by atoms with Crippen LogP contribution in [0.1, 0.15) is 20.3 Å². The lowest BCUT2D eigenvalue weighted by atomic mass is 9.86. The molecule has 1 fully saturated rings. The zero-order chi connectivity index (χ0) is 8.06. The normalized spacial score (nSPS) is 46.7. The minimum atomic E-state index is 0.0892. The van der Waals surface area contributed by atoms with Crippen LogP contribution in [-0.4, -0.2) is 11.7 Å². The summed E-state index contributed by atoms with van der Waals surface area (Å²) in [4.78, 5) is 0. The predicted molar refractivity (Wildman–Crippen MR) is 45.3 cm³/mol. The van der Waals surface area contributed by atoms with Gasteiger partial charge in [-0.05, 0) is 26.2 Å². The van der Waals surface area contributed by atoms with E-state index < -0.39 is 0 Å². The lowest BCUT2D eigenvalue weighted by Crippen LogP contribution is -2.15. The molecule has 0 N–H and O–H groups in total. The molecule has 3 atom stereocenters. The van der Waals surface area contributed by atoms with Crippen LogP contribution in [0.4, 0.5) is 0 Å². The molecular formula is C10H14O. The second kappa shape index (κ2) is 1.98. The van der Waals surface area contributed by atoms with Crippen LogP contribution in [0.2, 0.25) is 0 Å². The maximum Gasteiger partial charge on any atom is 0.110 e. The number of rotatable bonds is 1. The fraction of sp³-hybridized carbons (Fsp3) is 0.600. The van der Waals surface area contributed by atoms with Gasteiger partial charge in [0.15, 0.2) is 0 Å². The van der Waals surface area contributed by atoms with Gasteiger partial charge in [0, 0.05) is 0 Å². The van der Waals surface area contributed by atoms with Gasteiger partial charge in [0.05, 0.1) is 6.10 Å². The van der Waals surface area contributed by atoms with Gasteiger partial charge in [0.25, 0.3) is 0 Å². The van der Waals surface area contributed by atoms with Crippen molar-refractivity contribution >= 4 is 0 Å². The van der Waals surface area contributed by atoms with Crippen molar-refractivity contribution in [3.05, 3.63) is 24.3 Å². The first kappa shape index (κ1) is 7.11. The average Bonchev–Trinajstić information content (AvgIpc) is 2.58. The van der Waals surface area contributed by atoms with Crippen LogP contribution in [0.5, 0.6) is 0 Å². The molecule has 2 rings (SSSR count). The van der Waals surface area contributed by atoms with E-state index in [0.29, 0.717) is 12.0 Å². The van der Waals surface area contributed by atoms with E-state index in [4.69, 9.17) is 4.74 Å². The third-order valence-corrected chi connectivity index (χ3v) is 2.74. The second-order valence-electron chi connectivity index (χ2n) is 3.84. The van der Waals surface area contributed by atoms with Gasteiger partial charge in [0.1, 0.15) is 5.60 Å². The summed E-state index contributed by atoms with van der Waals surface area (Å²) in [7, 11) is 0. The Labute approximate surface area is 67.7 Å². The van der Waals surface area contributed by atoms with Crippen molar-refractivity contribution in [1.82, 2.24) is 0 Å². The number of hydrogen-bond acceptors (Lipinski definition) is 1. The third-order valence-electron chi connectivity index (χ3n) is 2.74. The summed E-state index contributed by atoms with van der Waals surface area (Å²) >= 11 is 0. The first-order chi connectivity index (χ1) is 5.12. The van der Waals surface area contributed by atoms with E-state index in [0.717, 1.165) is 6.42 Å². The lowest BCUT2D eigenvalue weighted by molar-refractivity contribution is 0.339. The Bertz CT molecular complexity index is 229. The molecule has 11 heavy (non-hydrogen) atoms. The molecule has 0 aromatic rings. The molecule has 1 unspecified atom stereocenters. The first-order valence-electron chi connectivity index (χ1n) is 4.14. The SMILES string of the molecule is C=C(C)[C@@H]1C=C[C@@]2(C)OC2C1. The molecule has 1 aliphatic carbocycles. The third kappa shape index (κ3) is 1.04. The zero-order valence-corrected chi connectivity index (χ0v) is 7.13. The average molecular weight is 150 g/mol. The van der Waals surface area contributed by atoms with Crippen molar-refractivity contribution in [3.8, 4) is 0 Å². The van der Waals surface area contributed by atoms with E-state index >= 15 is 0 Å². The Morgan fingerprint density at radius 3 is 3.00 bits per heavy atom. The smallest absolute Gasteiger partial charge is 0.110 e. The van der Waals surface area contributed by atoms with Crippen molar-refractivity contribution in [2.24, 2.45) is 5.92 Å². The summed E-state index contributed by atoms with van der Waals surface area (Å²) in [6, 6.07) is 0. The molecule has 1 nitrogen and oxygen atoms in total. The molecule has 1 heteroatoms. The van der Waals surface area contributed by atoms with Crippen LogP contribution < -0.4 is 0 Å². The van der Waals surface area contributed by atoms with Gasteiger partial charge in [0.2, 0.25) is 0 Å². The van der Waals surface area contributed by atoms with Gasteiger partial charge in [-0.2, -0.15) is 0 Å². The van der Waals surface area contributed by atoms with E-state index in [1.54, 1.807) is 0 Å². The standard InChI is InChI=1S/C10H14O/c1-7(2)8-4-5-10(3)9(6-8)11-10/h4-5,8-9H,1,6H2,2-3H3/t8-,9?,10-/m1/s1. The van der Waals surface area contributed by atoms with Crippen LogP contribution in [0.25, 0.3) is 0 Å². The fourth-order valence-corrected chi connectivity index (χ4v) is 1.68. The van der Waals surface area contributed by atoms with Gasteiger partial charge in [-0.1, -0.05) is 24.3 Å². The highest BCUT2D eigenvalue weighted by atomic mass is 16.6. The minimum Gasteiger partial charge on any atom is -0.362 e. The largest absolute Gasteiger partial charge is 0.362 e. The number of epoxide rings is 1. The Morgan fingerprint density at radius 2 is 2.45 bits per heavy atom. The zero-order valence-electron chi connectivity index (χ0n) is 7.13. The van der Waals surface area contributed by atoms with Crippen LogP contribution in [-0.2, 0) is 4.74 Å². The summed E-state index contributed by atoms with van der Waals surface area (Å²) in [6.07, 6.45) is 6.00. The van der Waals surface area contributed by atoms with E-state index in [1.165, 1.54) is 5.57 Å². The van der Waals surface area contributed by atoms with Crippen molar-refractivity contribution in [2.45, 2.75) is 32.0 Å². The van der Waals surface area contributed by atoms with Gasteiger partial charge in [-0.15, -0.1) is 0 Å². The Morgan fingerprint density at radius 1 is 1.73 bits per heavy atom. The van der Waals surface area contributed by atoms with Crippen LogP contribution in [0, 0.1) is 5.92 Å². The molecule has 0 bridgehead atoms. The molecule has 0 radical (unpaired) electrons.